The Balaban J connectivity index is 1.48. The number of nitrogens with zero attached hydrogens (tertiary/aromatic N) is 1. The summed E-state index contributed by atoms with van der Waals surface area (Å²) in [5.41, 5.74) is 3.04. The molecule has 0 radical (unpaired) electrons. The molecule has 1 heterocycles. The molecule has 2 aromatic rings. The van der Waals surface area contributed by atoms with Gasteiger partial charge in [-0.15, -0.1) is 0 Å². The lowest BCUT2D eigenvalue weighted by Gasteiger charge is -2.29. The van der Waals surface area contributed by atoms with Crippen molar-refractivity contribution < 1.29 is 14.6 Å². The summed E-state index contributed by atoms with van der Waals surface area (Å²) in [7, 11) is 0. The molecule has 1 saturated heterocycles. The van der Waals surface area contributed by atoms with E-state index in [1.807, 2.05) is 54.6 Å². The van der Waals surface area contributed by atoms with Gasteiger partial charge in [-0.05, 0) is 29.7 Å². The largest absolute Gasteiger partial charge is 0.387 e. The quantitative estimate of drug-likeness (QED) is 0.801. The van der Waals surface area contributed by atoms with Crippen molar-refractivity contribution in [2.75, 3.05) is 37.7 Å². The minimum atomic E-state index is -0.711. The van der Waals surface area contributed by atoms with Crippen LogP contribution in [-0.4, -0.2) is 43.9 Å². The fourth-order valence-corrected chi connectivity index (χ4v) is 3.07. The fourth-order valence-electron chi connectivity index (χ4n) is 3.07. The van der Waals surface area contributed by atoms with Gasteiger partial charge in [0.15, 0.2) is 0 Å². The Morgan fingerprint density at radius 2 is 1.88 bits per heavy atom. The van der Waals surface area contributed by atoms with Crippen molar-refractivity contribution in [1.82, 2.24) is 5.32 Å². The average Bonchev–Trinajstić information content (AvgIpc) is 2.72. The molecule has 5 nitrogen and oxygen atoms in total. The second-order valence-corrected chi connectivity index (χ2v) is 6.50. The van der Waals surface area contributed by atoms with Crippen LogP contribution in [-0.2, 0) is 16.0 Å². The lowest BCUT2D eigenvalue weighted by atomic mass is 10.1. The Morgan fingerprint density at radius 3 is 2.65 bits per heavy atom. The van der Waals surface area contributed by atoms with E-state index in [0.29, 0.717) is 12.8 Å². The minimum absolute atomic E-state index is 0.0442. The lowest BCUT2D eigenvalue weighted by Crippen LogP contribution is -2.36. The second kappa shape index (κ2) is 9.36. The van der Waals surface area contributed by atoms with Gasteiger partial charge >= 0.3 is 0 Å². The molecular formula is C21H26N2O3. The first-order chi connectivity index (χ1) is 12.7. The maximum Gasteiger partial charge on any atom is 0.220 e. The summed E-state index contributed by atoms with van der Waals surface area (Å²) in [6, 6.07) is 17.8. The number of carbonyl (C=O) groups excluding carboxylic acids is 1. The zero-order valence-electron chi connectivity index (χ0n) is 14.9. The van der Waals surface area contributed by atoms with Crippen molar-refractivity contribution in [1.29, 1.82) is 0 Å². The summed E-state index contributed by atoms with van der Waals surface area (Å²) in [4.78, 5) is 14.3. The third-order valence-electron chi connectivity index (χ3n) is 4.61. The van der Waals surface area contributed by atoms with Crippen molar-refractivity contribution in [3.8, 4) is 0 Å². The number of hydrogen-bond acceptors (Lipinski definition) is 4. The highest BCUT2D eigenvalue weighted by Gasteiger charge is 2.14. The van der Waals surface area contributed by atoms with E-state index in [4.69, 9.17) is 4.74 Å². The van der Waals surface area contributed by atoms with Gasteiger partial charge in [0.05, 0.1) is 19.3 Å². The Kier molecular flexibility index (Phi) is 6.63. The molecule has 26 heavy (non-hydrogen) atoms. The van der Waals surface area contributed by atoms with E-state index in [1.54, 1.807) is 0 Å². The van der Waals surface area contributed by atoms with E-state index < -0.39 is 6.10 Å². The first kappa shape index (κ1) is 18.4. The summed E-state index contributed by atoms with van der Waals surface area (Å²) in [5.74, 6) is -0.0442. The van der Waals surface area contributed by atoms with Crippen LogP contribution in [0.2, 0.25) is 0 Å². The predicted molar refractivity (Wildman–Crippen MR) is 102 cm³/mol. The van der Waals surface area contributed by atoms with Gasteiger partial charge in [-0.3, -0.25) is 4.79 Å². The molecule has 2 aromatic carbocycles. The average molecular weight is 354 g/mol. The second-order valence-electron chi connectivity index (χ2n) is 6.50. The van der Waals surface area contributed by atoms with Crippen LogP contribution in [0.4, 0.5) is 5.69 Å². The van der Waals surface area contributed by atoms with Crippen LogP contribution < -0.4 is 10.2 Å². The number of ether oxygens (including phenoxy) is 1. The standard InChI is InChI=1S/C21H26N2O3/c24-20(16-22-21(25)10-9-17-5-2-1-3-6-17)18-7-4-8-19(15-18)23-11-13-26-14-12-23/h1-8,15,20,24H,9-14,16H2,(H,22,25). The van der Waals surface area contributed by atoms with Crippen LogP contribution in [0.25, 0.3) is 0 Å². The highest BCUT2D eigenvalue weighted by atomic mass is 16.5. The van der Waals surface area contributed by atoms with E-state index in [9.17, 15) is 9.90 Å². The Morgan fingerprint density at radius 1 is 1.12 bits per heavy atom. The van der Waals surface area contributed by atoms with Gasteiger partial charge in [-0.1, -0.05) is 42.5 Å². The van der Waals surface area contributed by atoms with Gasteiger partial charge < -0.3 is 20.1 Å². The van der Waals surface area contributed by atoms with Gasteiger partial charge in [0.25, 0.3) is 0 Å². The molecule has 1 atom stereocenters. The van der Waals surface area contributed by atoms with Crippen molar-refractivity contribution in [2.45, 2.75) is 18.9 Å². The number of rotatable bonds is 7. The molecule has 1 aliphatic heterocycles. The molecule has 0 aliphatic carbocycles. The van der Waals surface area contributed by atoms with E-state index in [2.05, 4.69) is 10.2 Å². The Hall–Kier alpha value is -2.37. The number of benzene rings is 2. The third kappa shape index (κ3) is 5.31. The number of morpholine rings is 1. The zero-order chi connectivity index (χ0) is 18.2. The highest BCUT2D eigenvalue weighted by Crippen LogP contribution is 2.21. The molecule has 138 valence electrons. The van der Waals surface area contributed by atoms with Crippen molar-refractivity contribution in [3.05, 3.63) is 65.7 Å². The van der Waals surface area contributed by atoms with Crippen molar-refractivity contribution in [3.63, 3.8) is 0 Å². The lowest BCUT2D eigenvalue weighted by molar-refractivity contribution is -0.121. The number of aliphatic hydroxyl groups is 1. The number of nitrogens with one attached hydrogen (secondary N) is 1. The molecule has 1 amide bonds. The van der Waals surface area contributed by atoms with Gasteiger partial charge in [-0.25, -0.2) is 0 Å². The molecule has 5 heteroatoms. The number of amides is 1. The summed E-state index contributed by atoms with van der Waals surface area (Å²) in [6.45, 7) is 3.39. The predicted octanol–water partition coefficient (Wildman–Crippen LogP) is 2.31. The number of carbonyl (C=O) groups is 1. The van der Waals surface area contributed by atoms with Crippen molar-refractivity contribution in [2.24, 2.45) is 0 Å². The van der Waals surface area contributed by atoms with Crippen LogP contribution in [0.1, 0.15) is 23.7 Å². The number of aryl methyl sites for hydroxylation is 1. The molecule has 0 bridgehead atoms. The fraction of sp³-hybridized carbons (Fsp3) is 0.381. The number of aliphatic hydroxyl groups excluding tert-OH is 1. The SMILES string of the molecule is O=C(CCc1ccccc1)NCC(O)c1cccc(N2CCOCC2)c1. The molecule has 1 fully saturated rings. The Labute approximate surface area is 154 Å². The van der Waals surface area contributed by atoms with E-state index in [1.165, 1.54) is 0 Å². The van der Waals surface area contributed by atoms with E-state index >= 15 is 0 Å². The van der Waals surface area contributed by atoms with Crippen LogP contribution in [0.3, 0.4) is 0 Å². The van der Waals surface area contributed by atoms with Crippen LogP contribution in [0, 0.1) is 0 Å². The summed E-state index contributed by atoms with van der Waals surface area (Å²) in [5, 5.41) is 13.2. The maximum absolute atomic E-state index is 12.0. The van der Waals surface area contributed by atoms with Crippen LogP contribution in [0.5, 0.6) is 0 Å². The summed E-state index contributed by atoms with van der Waals surface area (Å²) >= 11 is 0. The molecule has 0 saturated carbocycles. The maximum atomic E-state index is 12.0. The van der Waals surface area contributed by atoms with Gasteiger partial charge in [0.1, 0.15) is 0 Å². The highest BCUT2D eigenvalue weighted by molar-refractivity contribution is 5.76. The normalized spacial score (nSPS) is 15.5. The van der Waals surface area contributed by atoms with E-state index in [0.717, 1.165) is 43.1 Å². The van der Waals surface area contributed by atoms with Gasteiger partial charge in [-0.2, -0.15) is 0 Å². The molecule has 3 rings (SSSR count). The van der Waals surface area contributed by atoms with Crippen molar-refractivity contribution >= 4 is 11.6 Å². The zero-order valence-corrected chi connectivity index (χ0v) is 14.9. The van der Waals surface area contributed by atoms with Gasteiger partial charge in [0.2, 0.25) is 5.91 Å². The summed E-state index contributed by atoms with van der Waals surface area (Å²) < 4.78 is 5.38. The Bertz CT molecular complexity index is 699. The summed E-state index contributed by atoms with van der Waals surface area (Å²) in [6.07, 6.45) is 0.413. The van der Waals surface area contributed by atoms with E-state index in [-0.39, 0.29) is 12.5 Å². The molecule has 0 spiro atoms. The molecule has 1 aliphatic rings. The molecule has 0 aromatic heterocycles. The molecule has 2 N–H and O–H groups in total. The number of anilines is 1. The first-order valence-corrected chi connectivity index (χ1v) is 9.14. The molecular weight excluding hydrogens is 328 g/mol. The third-order valence-corrected chi connectivity index (χ3v) is 4.61. The topological polar surface area (TPSA) is 61.8 Å². The van der Waals surface area contributed by atoms with Crippen LogP contribution >= 0.6 is 0 Å². The number of hydrogen-bond donors (Lipinski definition) is 2. The van der Waals surface area contributed by atoms with Gasteiger partial charge in [0, 0.05) is 31.7 Å². The molecule has 1 unspecified atom stereocenters. The minimum Gasteiger partial charge on any atom is -0.387 e. The monoisotopic (exact) mass is 354 g/mol. The smallest absolute Gasteiger partial charge is 0.220 e. The first-order valence-electron chi connectivity index (χ1n) is 9.14. The van der Waals surface area contributed by atoms with Crippen LogP contribution in [0.15, 0.2) is 54.6 Å².